The van der Waals surface area contributed by atoms with E-state index in [1.165, 1.54) is 11.3 Å². The molecule has 1 fully saturated rings. The first kappa shape index (κ1) is 12.5. The number of amides is 1. The van der Waals surface area contributed by atoms with Gasteiger partial charge >= 0.3 is 0 Å². The molecule has 0 aliphatic carbocycles. The first-order valence-electron chi connectivity index (χ1n) is 5.75. The van der Waals surface area contributed by atoms with E-state index in [0.29, 0.717) is 6.61 Å². The van der Waals surface area contributed by atoms with Crippen molar-refractivity contribution in [3.05, 3.63) is 22.4 Å². The zero-order chi connectivity index (χ0) is 12.5. The molecule has 0 aromatic carbocycles. The van der Waals surface area contributed by atoms with Crippen molar-refractivity contribution in [3.63, 3.8) is 0 Å². The molecule has 17 heavy (non-hydrogen) atoms. The van der Waals surface area contributed by atoms with Crippen molar-refractivity contribution < 1.29 is 9.53 Å². The standard InChI is InChI=1S/C12H18N2O2S/c1-8-12(2,5-6-16-8)14-11(15)10(13)9-4-3-7-17-9/h3-4,7-8,10H,5-6,13H2,1-2H3,(H,14,15). The van der Waals surface area contributed by atoms with Gasteiger partial charge in [-0.1, -0.05) is 6.07 Å². The Morgan fingerprint density at radius 2 is 2.53 bits per heavy atom. The third kappa shape index (κ3) is 2.51. The average molecular weight is 254 g/mol. The van der Waals surface area contributed by atoms with Gasteiger partial charge in [0.15, 0.2) is 0 Å². The Morgan fingerprint density at radius 1 is 1.76 bits per heavy atom. The Labute approximate surface area is 105 Å². The second kappa shape index (κ2) is 4.76. The van der Waals surface area contributed by atoms with E-state index in [0.717, 1.165) is 11.3 Å². The van der Waals surface area contributed by atoms with Gasteiger partial charge in [0.05, 0.1) is 11.6 Å². The SMILES string of the molecule is CC1OCCC1(C)NC(=O)C(N)c1cccs1. The molecule has 3 atom stereocenters. The van der Waals surface area contributed by atoms with Crippen LogP contribution in [0.5, 0.6) is 0 Å². The lowest BCUT2D eigenvalue weighted by Gasteiger charge is -2.30. The van der Waals surface area contributed by atoms with Gasteiger partial charge in [0.1, 0.15) is 6.04 Å². The Kier molecular flexibility index (Phi) is 3.51. The number of hydrogen-bond donors (Lipinski definition) is 2. The highest BCUT2D eigenvalue weighted by Gasteiger charge is 2.39. The highest BCUT2D eigenvalue weighted by atomic mass is 32.1. The first-order valence-corrected chi connectivity index (χ1v) is 6.63. The molecule has 1 aliphatic heterocycles. The van der Waals surface area contributed by atoms with Crippen molar-refractivity contribution in [2.75, 3.05) is 6.61 Å². The Balaban J connectivity index is 2.02. The van der Waals surface area contributed by atoms with E-state index in [1.54, 1.807) is 0 Å². The van der Waals surface area contributed by atoms with E-state index < -0.39 is 6.04 Å². The summed E-state index contributed by atoms with van der Waals surface area (Å²) in [5.41, 5.74) is 5.62. The monoisotopic (exact) mass is 254 g/mol. The summed E-state index contributed by atoms with van der Waals surface area (Å²) >= 11 is 1.50. The summed E-state index contributed by atoms with van der Waals surface area (Å²) < 4.78 is 5.49. The number of ether oxygens (including phenoxy) is 1. The fraction of sp³-hybridized carbons (Fsp3) is 0.583. The Hall–Kier alpha value is -0.910. The van der Waals surface area contributed by atoms with Crippen LogP contribution in [0.15, 0.2) is 17.5 Å². The largest absolute Gasteiger partial charge is 0.376 e. The van der Waals surface area contributed by atoms with Gasteiger partial charge in [-0.15, -0.1) is 11.3 Å². The van der Waals surface area contributed by atoms with Crippen molar-refractivity contribution in [1.29, 1.82) is 0 Å². The number of nitrogens with one attached hydrogen (secondary N) is 1. The summed E-state index contributed by atoms with van der Waals surface area (Å²) in [7, 11) is 0. The summed E-state index contributed by atoms with van der Waals surface area (Å²) in [4.78, 5) is 12.9. The molecular formula is C12H18N2O2S. The molecule has 1 amide bonds. The van der Waals surface area contributed by atoms with Gasteiger partial charge in [0, 0.05) is 11.5 Å². The van der Waals surface area contributed by atoms with Crippen LogP contribution in [0.1, 0.15) is 31.2 Å². The van der Waals surface area contributed by atoms with Crippen molar-refractivity contribution in [3.8, 4) is 0 Å². The Morgan fingerprint density at radius 3 is 3.06 bits per heavy atom. The summed E-state index contributed by atoms with van der Waals surface area (Å²) in [6, 6.07) is 3.20. The van der Waals surface area contributed by atoms with Crippen LogP contribution in [-0.4, -0.2) is 24.2 Å². The summed E-state index contributed by atoms with van der Waals surface area (Å²) in [6.07, 6.45) is 0.860. The number of rotatable bonds is 3. The van der Waals surface area contributed by atoms with E-state index in [1.807, 2.05) is 31.4 Å². The third-order valence-corrected chi connectivity index (χ3v) is 4.38. The van der Waals surface area contributed by atoms with Crippen LogP contribution in [0.2, 0.25) is 0 Å². The molecule has 1 aromatic heterocycles. The van der Waals surface area contributed by atoms with Crippen LogP contribution < -0.4 is 11.1 Å². The zero-order valence-electron chi connectivity index (χ0n) is 10.1. The number of carbonyl (C=O) groups excluding carboxylic acids is 1. The molecule has 4 nitrogen and oxygen atoms in total. The fourth-order valence-electron chi connectivity index (χ4n) is 1.96. The minimum absolute atomic E-state index is 0.0296. The molecule has 0 saturated carbocycles. The lowest BCUT2D eigenvalue weighted by molar-refractivity contribution is -0.124. The Bertz CT molecular complexity index is 393. The minimum atomic E-state index is -0.584. The molecule has 94 valence electrons. The van der Waals surface area contributed by atoms with Crippen LogP contribution in [0.25, 0.3) is 0 Å². The van der Waals surface area contributed by atoms with Crippen molar-refractivity contribution >= 4 is 17.2 Å². The lowest BCUT2D eigenvalue weighted by atomic mass is 9.94. The molecule has 3 unspecified atom stereocenters. The van der Waals surface area contributed by atoms with E-state index in [2.05, 4.69) is 5.32 Å². The molecular weight excluding hydrogens is 236 g/mol. The zero-order valence-corrected chi connectivity index (χ0v) is 10.9. The molecule has 5 heteroatoms. The molecule has 1 saturated heterocycles. The van der Waals surface area contributed by atoms with Crippen LogP contribution in [0.3, 0.4) is 0 Å². The number of nitrogens with two attached hydrogens (primary N) is 1. The molecule has 2 rings (SSSR count). The average Bonchev–Trinajstić information content (AvgIpc) is 2.89. The number of thiophene rings is 1. The van der Waals surface area contributed by atoms with Crippen LogP contribution in [0, 0.1) is 0 Å². The highest BCUT2D eigenvalue weighted by Crippen LogP contribution is 2.26. The summed E-state index contributed by atoms with van der Waals surface area (Å²) in [5.74, 6) is -0.132. The third-order valence-electron chi connectivity index (χ3n) is 3.43. The molecule has 1 aliphatic rings. The van der Waals surface area contributed by atoms with Gasteiger partial charge in [0.25, 0.3) is 0 Å². The first-order chi connectivity index (χ1) is 8.03. The van der Waals surface area contributed by atoms with Gasteiger partial charge in [0.2, 0.25) is 5.91 Å². The fourth-order valence-corrected chi connectivity index (χ4v) is 2.68. The molecule has 0 spiro atoms. The van der Waals surface area contributed by atoms with Gasteiger partial charge in [-0.25, -0.2) is 0 Å². The minimum Gasteiger partial charge on any atom is -0.376 e. The summed E-state index contributed by atoms with van der Waals surface area (Å²) in [5, 5.41) is 4.93. The second-order valence-corrected chi connectivity index (χ2v) is 5.64. The molecule has 0 radical (unpaired) electrons. The quantitative estimate of drug-likeness (QED) is 0.857. The van der Waals surface area contributed by atoms with Crippen molar-refractivity contribution in [1.82, 2.24) is 5.32 Å². The second-order valence-electron chi connectivity index (χ2n) is 4.66. The lowest BCUT2D eigenvalue weighted by Crippen LogP contribution is -2.53. The normalized spacial score (nSPS) is 30.2. The summed E-state index contributed by atoms with van der Waals surface area (Å²) in [6.45, 7) is 4.67. The maximum atomic E-state index is 12.1. The van der Waals surface area contributed by atoms with E-state index in [-0.39, 0.29) is 17.6 Å². The van der Waals surface area contributed by atoms with E-state index >= 15 is 0 Å². The van der Waals surface area contributed by atoms with Crippen molar-refractivity contribution in [2.24, 2.45) is 5.73 Å². The van der Waals surface area contributed by atoms with Crippen molar-refractivity contribution in [2.45, 2.75) is 38.0 Å². The molecule has 2 heterocycles. The van der Waals surface area contributed by atoms with E-state index in [9.17, 15) is 4.79 Å². The smallest absolute Gasteiger partial charge is 0.242 e. The highest BCUT2D eigenvalue weighted by molar-refractivity contribution is 7.10. The number of carbonyl (C=O) groups is 1. The predicted octanol–water partition coefficient (Wildman–Crippen LogP) is 1.43. The van der Waals surface area contributed by atoms with Crippen LogP contribution >= 0.6 is 11.3 Å². The number of hydrogen-bond acceptors (Lipinski definition) is 4. The van der Waals surface area contributed by atoms with Gasteiger partial charge in [-0.2, -0.15) is 0 Å². The van der Waals surface area contributed by atoms with E-state index in [4.69, 9.17) is 10.5 Å². The maximum Gasteiger partial charge on any atom is 0.242 e. The predicted molar refractivity (Wildman–Crippen MR) is 67.8 cm³/mol. The van der Waals surface area contributed by atoms with Gasteiger partial charge in [-0.05, 0) is 31.7 Å². The topological polar surface area (TPSA) is 64.3 Å². The van der Waals surface area contributed by atoms with Gasteiger partial charge in [-0.3, -0.25) is 4.79 Å². The van der Waals surface area contributed by atoms with Gasteiger partial charge < -0.3 is 15.8 Å². The molecule has 1 aromatic rings. The van der Waals surface area contributed by atoms with Crippen LogP contribution in [0.4, 0.5) is 0 Å². The maximum absolute atomic E-state index is 12.1. The molecule has 3 N–H and O–H groups in total. The van der Waals surface area contributed by atoms with Crippen LogP contribution in [-0.2, 0) is 9.53 Å². The molecule has 0 bridgehead atoms.